The summed E-state index contributed by atoms with van der Waals surface area (Å²) in [6.45, 7) is 4.57. The van der Waals surface area contributed by atoms with Gasteiger partial charge in [0.25, 0.3) is 5.91 Å². The molecule has 2 aromatic heterocycles. The van der Waals surface area contributed by atoms with Gasteiger partial charge in [0, 0.05) is 25.0 Å². The minimum absolute atomic E-state index is 0.0517. The number of carbonyl (C=O) groups is 1. The average Bonchev–Trinajstić information content (AvgIpc) is 3.39. The van der Waals surface area contributed by atoms with E-state index < -0.39 is 20.9 Å². The molecule has 4 rings (SSSR count). The zero-order valence-electron chi connectivity index (χ0n) is 18.5. The van der Waals surface area contributed by atoms with Crippen LogP contribution in [0.15, 0.2) is 41.4 Å². The number of sulfonamides is 1. The Balaban J connectivity index is 1.42. The molecule has 1 aliphatic rings. The van der Waals surface area contributed by atoms with Gasteiger partial charge in [-0.3, -0.25) is 19.6 Å². The number of morpholine rings is 1. The standard InChI is InChI=1S/C20H23N7O6S/c1-14-19(27(29)30)15(2)26(22-14)13-24-8-7-18(23-24)20(28)21-16-3-5-17(6-4-16)34(31,32)25-9-11-33-12-10-25/h3-8H,9-13H2,1-2H3,(H,21,28). The van der Waals surface area contributed by atoms with Crippen LogP contribution in [0, 0.1) is 24.0 Å². The Bertz CT molecular complexity index is 1320. The van der Waals surface area contributed by atoms with Gasteiger partial charge in [-0.2, -0.15) is 14.5 Å². The lowest BCUT2D eigenvalue weighted by atomic mass is 10.3. The fourth-order valence-corrected chi connectivity index (χ4v) is 5.04. The molecule has 1 N–H and O–H groups in total. The number of hydrogen-bond donors (Lipinski definition) is 1. The molecular formula is C20H23N7O6S. The molecule has 1 aromatic carbocycles. The van der Waals surface area contributed by atoms with Crippen LogP contribution in [-0.4, -0.2) is 69.4 Å². The van der Waals surface area contributed by atoms with Crippen LogP contribution in [0.25, 0.3) is 0 Å². The van der Waals surface area contributed by atoms with Crippen LogP contribution in [-0.2, 0) is 21.4 Å². The van der Waals surface area contributed by atoms with Crippen molar-refractivity contribution >= 4 is 27.3 Å². The van der Waals surface area contributed by atoms with Crippen molar-refractivity contribution in [3.05, 3.63) is 63.7 Å². The van der Waals surface area contributed by atoms with Crippen LogP contribution in [0.5, 0.6) is 0 Å². The van der Waals surface area contributed by atoms with E-state index in [1.165, 1.54) is 44.0 Å². The molecular weight excluding hydrogens is 466 g/mol. The van der Waals surface area contributed by atoms with Gasteiger partial charge >= 0.3 is 5.69 Å². The minimum Gasteiger partial charge on any atom is -0.379 e. The molecule has 0 saturated carbocycles. The molecule has 34 heavy (non-hydrogen) atoms. The summed E-state index contributed by atoms with van der Waals surface area (Å²) in [5.74, 6) is -0.484. The predicted molar refractivity (Wildman–Crippen MR) is 120 cm³/mol. The maximum absolute atomic E-state index is 12.7. The minimum atomic E-state index is -3.62. The van der Waals surface area contributed by atoms with Gasteiger partial charge in [0.15, 0.2) is 5.69 Å². The Morgan fingerprint density at radius 2 is 1.82 bits per heavy atom. The lowest BCUT2D eigenvalue weighted by Crippen LogP contribution is -2.40. The number of ether oxygens (including phenoxy) is 1. The third-order valence-electron chi connectivity index (χ3n) is 5.40. The molecule has 0 atom stereocenters. The molecule has 3 aromatic rings. The fourth-order valence-electron chi connectivity index (χ4n) is 3.63. The van der Waals surface area contributed by atoms with Crippen LogP contribution in [0.3, 0.4) is 0 Å². The summed E-state index contributed by atoms with van der Waals surface area (Å²) < 4.78 is 34.9. The van der Waals surface area contributed by atoms with E-state index in [1.807, 2.05) is 0 Å². The monoisotopic (exact) mass is 489 g/mol. The third kappa shape index (κ3) is 4.69. The van der Waals surface area contributed by atoms with Crippen molar-refractivity contribution in [3.63, 3.8) is 0 Å². The molecule has 1 aliphatic heterocycles. The molecule has 0 spiro atoms. The number of nitrogens with zero attached hydrogens (tertiary/aromatic N) is 6. The molecule has 0 radical (unpaired) electrons. The number of amides is 1. The van der Waals surface area contributed by atoms with Gasteiger partial charge in [-0.05, 0) is 44.2 Å². The van der Waals surface area contributed by atoms with Crippen LogP contribution < -0.4 is 5.32 Å². The first kappa shape index (κ1) is 23.5. The van der Waals surface area contributed by atoms with Gasteiger partial charge in [-0.25, -0.2) is 13.1 Å². The van der Waals surface area contributed by atoms with Crippen molar-refractivity contribution in [1.82, 2.24) is 23.9 Å². The number of anilines is 1. The van der Waals surface area contributed by atoms with Gasteiger partial charge in [0.1, 0.15) is 18.1 Å². The predicted octanol–water partition coefficient (Wildman–Crippen LogP) is 1.38. The Morgan fingerprint density at radius 1 is 1.15 bits per heavy atom. The van der Waals surface area contributed by atoms with Gasteiger partial charge in [0.2, 0.25) is 10.0 Å². The normalized spacial score (nSPS) is 14.8. The topological polar surface area (TPSA) is 154 Å². The first-order valence-electron chi connectivity index (χ1n) is 10.4. The number of aryl methyl sites for hydroxylation is 1. The maximum atomic E-state index is 12.7. The molecule has 0 unspecified atom stereocenters. The second kappa shape index (κ2) is 9.32. The first-order chi connectivity index (χ1) is 16.2. The summed E-state index contributed by atoms with van der Waals surface area (Å²) >= 11 is 0. The molecule has 13 nitrogen and oxygen atoms in total. The van der Waals surface area contributed by atoms with E-state index in [4.69, 9.17) is 4.74 Å². The van der Waals surface area contributed by atoms with Gasteiger partial charge in [-0.1, -0.05) is 0 Å². The number of carbonyl (C=O) groups excluding carboxylic acids is 1. The van der Waals surface area contributed by atoms with E-state index in [0.717, 1.165) is 0 Å². The van der Waals surface area contributed by atoms with Crippen LogP contribution in [0.4, 0.5) is 11.4 Å². The van der Waals surface area contributed by atoms with E-state index in [9.17, 15) is 23.3 Å². The quantitative estimate of drug-likeness (QED) is 0.386. The molecule has 180 valence electrons. The van der Waals surface area contributed by atoms with E-state index in [0.29, 0.717) is 43.4 Å². The zero-order valence-corrected chi connectivity index (χ0v) is 19.4. The SMILES string of the molecule is Cc1nn(Cn2ccc(C(=O)Nc3ccc(S(=O)(=O)N4CCOCC4)cc3)n2)c(C)c1[N+](=O)[O-]. The number of hydrogen-bond acceptors (Lipinski definition) is 8. The van der Waals surface area contributed by atoms with Gasteiger partial charge in [0.05, 0.1) is 23.0 Å². The highest BCUT2D eigenvalue weighted by atomic mass is 32.2. The summed E-state index contributed by atoms with van der Waals surface area (Å²) in [4.78, 5) is 23.4. The molecule has 3 heterocycles. The highest BCUT2D eigenvalue weighted by Crippen LogP contribution is 2.22. The number of aromatic nitrogens is 4. The van der Waals surface area contributed by atoms with Crippen molar-refractivity contribution in [2.24, 2.45) is 0 Å². The van der Waals surface area contributed by atoms with E-state index in [-0.39, 0.29) is 22.9 Å². The molecule has 1 fully saturated rings. The summed E-state index contributed by atoms with van der Waals surface area (Å²) in [6, 6.07) is 7.41. The van der Waals surface area contributed by atoms with Gasteiger partial charge < -0.3 is 10.1 Å². The summed E-state index contributed by atoms with van der Waals surface area (Å²) in [6.07, 6.45) is 1.56. The largest absolute Gasteiger partial charge is 0.379 e. The van der Waals surface area contributed by atoms with Gasteiger partial charge in [-0.15, -0.1) is 0 Å². The maximum Gasteiger partial charge on any atom is 0.312 e. The van der Waals surface area contributed by atoms with Crippen LogP contribution in [0.1, 0.15) is 21.9 Å². The second-order valence-corrected chi connectivity index (χ2v) is 9.59. The van der Waals surface area contributed by atoms with E-state index >= 15 is 0 Å². The zero-order chi connectivity index (χ0) is 24.5. The number of nitrogens with one attached hydrogen (secondary N) is 1. The summed E-state index contributed by atoms with van der Waals surface area (Å²) in [5, 5.41) is 22.2. The van der Waals surface area contributed by atoms with Crippen LogP contribution >= 0.6 is 0 Å². The Morgan fingerprint density at radius 3 is 2.44 bits per heavy atom. The van der Waals surface area contributed by atoms with Crippen LogP contribution in [0.2, 0.25) is 0 Å². The van der Waals surface area contributed by atoms with Crippen molar-refractivity contribution in [2.75, 3.05) is 31.6 Å². The fraction of sp³-hybridized carbons (Fsp3) is 0.350. The molecule has 1 amide bonds. The number of nitro groups is 1. The third-order valence-corrected chi connectivity index (χ3v) is 7.31. The first-order valence-corrected chi connectivity index (χ1v) is 11.8. The van der Waals surface area contributed by atoms with E-state index in [1.54, 1.807) is 20.0 Å². The Kier molecular flexibility index (Phi) is 6.45. The number of benzene rings is 1. The summed E-state index contributed by atoms with van der Waals surface area (Å²) in [7, 11) is -3.62. The highest BCUT2D eigenvalue weighted by molar-refractivity contribution is 7.89. The van der Waals surface area contributed by atoms with Crippen molar-refractivity contribution in [1.29, 1.82) is 0 Å². The second-order valence-electron chi connectivity index (χ2n) is 7.65. The molecule has 0 bridgehead atoms. The lowest BCUT2D eigenvalue weighted by Gasteiger charge is -2.26. The van der Waals surface area contributed by atoms with Crippen molar-refractivity contribution < 1.29 is 22.9 Å². The van der Waals surface area contributed by atoms with E-state index in [2.05, 4.69) is 15.5 Å². The Labute approximate surface area is 195 Å². The Hall–Kier alpha value is -3.62. The number of rotatable bonds is 7. The average molecular weight is 490 g/mol. The van der Waals surface area contributed by atoms with Crippen molar-refractivity contribution in [3.8, 4) is 0 Å². The molecule has 1 saturated heterocycles. The lowest BCUT2D eigenvalue weighted by molar-refractivity contribution is -0.386. The molecule has 0 aliphatic carbocycles. The van der Waals surface area contributed by atoms with Crippen molar-refractivity contribution in [2.45, 2.75) is 25.4 Å². The molecule has 14 heteroatoms. The smallest absolute Gasteiger partial charge is 0.312 e. The highest BCUT2D eigenvalue weighted by Gasteiger charge is 2.26. The summed E-state index contributed by atoms with van der Waals surface area (Å²) in [5.41, 5.74) is 1.17.